The Morgan fingerprint density at radius 2 is 2.35 bits per heavy atom. The molecule has 2 aromatic rings. The van der Waals surface area contributed by atoms with Crippen molar-refractivity contribution >= 4 is 12.2 Å². The molecule has 0 radical (unpaired) electrons. The van der Waals surface area contributed by atoms with E-state index in [1.807, 2.05) is 16.8 Å². The zero-order valence-corrected chi connectivity index (χ0v) is 11.5. The molecule has 0 saturated carbocycles. The summed E-state index contributed by atoms with van der Waals surface area (Å²) in [7, 11) is 0. The van der Waals surface area contributed by atoms with Gasteiger partial charge in [-0.1, -0.05) is 0 Å². The van der Waals surface area contributed by atoms with Crippen LogP contribution in [0.4, 0.5) is 0 Å². The fourth-order valence-electron chi connectivity index (χ4n) is 2.31. The smallest absolute Gasteiger partial charge is 0.240 e. The monoisotopic (exact) mass is 274 g/mol. The largest absolute Gasteiger partial charge is 0.421 e. The van der Waals surface area contributed by atoms with E-state index in [9.17, 15) is 0 Å². The number of hydrogen-bond donors (Lipinski definition) is 0. The third kappa shape index (κ3) is 2.80. The van der Waals surface area contributed by atoms with Crippen molar-refractivity contribution in [2.24, 2.45) is 0 Å². The predicted molar refractivity (Wildman–Crippen MR) is 73.9 cm³/mol. The Bertz CT molecular complexity index is 582. The molecule has 2 aromatic heterocycles. The molecular weight excluding hydrogens is 256 g/mol. The summed E-state index contributed by atoms with van der Waals surface area (Å²) in [6, 6.07) is 0. The maximum atomic E-state index is 5.67. The van der Waals surface area contributed by atoms with Crippen molar-refractivity contribution in [3.05, 3.63) is 30.0 Å². The van der Waals surface area contributed by atoms with Crippen LogP contribution in [0.2, 0.25) is 0 Å². The van der Waals surface area contributed by atoms with Crippen LogP contribution in [0, 0.1) is 0 Å². The second-order valence-corrected chi connectivity index (χ2v) is 4.80. The SMILES string of the molecule is CCn1ccnc1/C=C/c1nnc(C2CCCOC2)o1. The molecule has 1 fully saturated rings. The molecule has 0 bridgehead atoms. The van der Waals surface area contributed by atoms with E-state index in [4.69, 9.17) is 9.15 Å². The Morgan fingerprint density at radius 3 is 3.15 bits per heavy atom. The first-order valence-corrected chi connectivity index (χ1v) is 6.97. The summed E-state index contributed by atoms with van der Waals surface area (Å²) in [5.74, 6) is 2.30. The van der Waals surface area contributed by atoms with Crippen LogP contribution in [0.1, 0.15) is 43.3 Å². The molecule has 3 rings (SSSR count). The van der Waals surface area contributed by atoms with E-state index in [2.05, 4.69) is 22.1 Å². The Balaban J connectivity index is 1.70. The number of hydrogen-bond acceptors (Lipinski definition) is 5. The first-order valence-electron chi connectivity index (χ1n) is 6.97. The van der Waals surface area contributed by atoms with Gasteiger partial charge in [0.1, 0.15) is 5.82 Å². The fraction of sp³-hybridized carbons (Fsp3) is 0.500. The highest BCUT2D eigenvalue weighted by Crippen LogP contribution is 2.24. The van der Waals surface area contributed by atoms with Crippen molar-refractivity contribution < 1.29 is 9.15 Å². The zero-order valence-electron chi connectivity index (χ0n) is 11.5. The maximum absolute atomic E-state index is 5.67. The van der Waals surface area contributed by atoms with E-state index < -0.39 is 0 Å². The van der Waals surface area contributed by atoms with Crippen molar-refractivity contribution in [1.29, 1.82) is 0 Å². The van der Waals surface area contributed by atoms with Crippen molar-refractivity contribution in [3.63, 3.8) is 0 Å². The summed E-state index contributed by atoms with van der Waals surface area (Å²) >= 11 is 0. The molecule has 1 aliphatic heterocycles. The third-order valence-electron chi connectivity index (χ3n) is 3.43. The number of imidazole rings is 1. The van der Waals surface area contributed by atoms with E-state index in [1.165, 1.54) is 0 Å². The molecule has 0 aliphatic carbocycles. The van der Waals surface area contributed by atoms with Crippen LogP contribution < -0.4 is 0 Å². The average Bonchev–Trinajstić information content (AvgIpc) is 3.15. The number of rotatable bonds is 4. The minimum Gasteiger partial charge on any atom is -0.421 e. The second-order valence-electron chi connectivity index (χ2n) is 4.80. The van der Waals surface area contributed by atoms with Crippen LogP contribution in [0.15, 0.2) is 16.8 Å². The molecular formula is C14H18N4O2. The Hall–Kier alpha value is -1.95. The fourth-order valence-corrected chi connectivity index (χ4v) is 2.31. The molecule has 0 amide bonds. The lowest BCUT2D eigenvalue weighted by Gasteiger charge is -2.18. The minimum absolute atomic E-state index is 0.232. The summed E-state index contributed by atoms with van der Waals surface area (Å²) in [5, 5.41) is 8.16. The Labute approximate surface area is 117 Å². The second kappa shape index (κ2) is 6.00. The number of nitrogens with zero attached hydrogens (tertiary/aromatic N) is 4. The highest BCUT2D eigenvalue weighted by Gasteiger charge is 2.21. The van der Waals surface area contributed by atoms with Gasteiger partial charge in [-0.2, -0.15) is 0 Å². The van der Waals surface area contributed by atoms with Crippen molar-refractivity contribution in [2.75, 3.05) is 13.2 Å². The van der Waals surface area contributed by atoms with E-state index in [0.717, 1.165) is 31.8 Å². The standard InChI is InChI=1S/C14H18N4O2/c1-2-18-8-7-15-12(18)5-6-13-16-17-14(20-13)11-4-3-9-19-10-11/h5-8,11H,2-4,9-10H2,1H3/b6-5+. The zero-order chi connectivity index (χ0) is 13.8. The highest BCUT2D eigenvalue weighted by molar-refractivity contribution is 5.62. The quantitative estimate of drug-likeness (QED) is 0.856. The summed E-state index contributed by atoms with van der Waals surface area (Å²) < 4.78 is 13.1. The van der Waals surface area contributed by atoms with Crippen LogP contribution >= 0.6 is 0 Å². The normalized spacial score (nSPS) is 19.8. The lowest BCUT2D eigenvalue weighted by molar-refractivity contribution is 0.0724. The van der Waals surface area contributed by atoms with Gasteiger partial charge in [-0.3, -0.25) is 0 Å². The van der Waals surface area contributed by atoms with Gasteiger partial charge in [-0.15, -0.1) is 10.2 Å². The Kier molecular flexibility index (Phi) is 3.92. The highest BCUT2D eigenvalue weighted by atomic mass is 16.5. The van der Waals surface area contributed by atoms with Gasteiger partial charge >= 0.3 is 0 Å². The summed E-state index contributed by atoms with van der Waals surface area (Å²) in [4.78, 5) is 4.27. The Morgan fingerprint density at radius 1 is 1.40 bits per heavy atom. The van der Waals surface area contributed by atoms with Crippen LogP contribution in [0.3, 0.4) is 0 Å². The minimum atomic E-state index is 0.232. The average molecular weight is 274 g/mol. The van der Waals surface area contributed by atoms with Crippen LogP contribution in [0.5, 0.6) is 0 Å². The van der Waals surface area contributed by atoms with Crippen molar-refractivity contribution in [3.8, 4) is 0 Å². The van der Waals surface area contributed by atoms with Crippen LogP contribution in [0.25, 0.3) is 12.2 Å². The van der Waals surface area contributed by atoms with E-state index >= 15 is 0 Å². The predicted octanol–water partition coefficient (Wildman–Crippen LogP) is 2.35. The summed E-state index contributed by atoms with van der Waals surface area (Å²) in [6.07, 6.45) is 9.50. The first-order chi connectivity index (χ1) is 9.86. The van der Waals surface area contributed by atoms with E-state index in [-0.39, 0.29) is 5.92 Å². The van der Waals surface area contributed by atoms with Crippen molar-refractivity contribution in [1.82, 2.24) is 19.7 Å². The molecule has 1 atom stereocenters. The first kappa shape index (κ1) is 13.1. The lowest BCUT2D eigenvalue weighted by Crippen LogP contribution is -2.15. The van der Waals surface area contributed by atoms with Gasteiger partial charge in [-0.25, -0.2) is 4.98 Å². The number of ether oxygens (including phenoxy) is 1. The molecule has 1 unspecified atom stereocenters. The molecule has 1 saturated heterocycles. The molecule has 0 spiro atoms. The topological polar surface area (TPSA) is 66.0 Å². The molecule has 0 aromatic carbocycles. The van der Waals surface area contributed by atoms with Crippen LogP contribution in [-0.2, 0) is 11.3 Å². The molecule has 20 heavy (non-hydrogen) atoms. The van der Waals surface area contributed by atoms with Gasteiger partial charge in [0.05, 0.1) is 12.5 Å². The molecule has 6 heteroatoms. The van der Waals surface area contributed by atoms with Gasteiger partial charge < -0.3 is 13.7 Å². The van der Waals surface area contributed by atoms with Gasteiger partial charge in [0, 0.05) is 31.6 Å². The molecule has 3 heterocycles. The van der Waals surface area contributed by atoms with Gasteiger partial charge in [0.15, 0.2) is 0 Å². The molecule has 6 nitrogen and oxygen atoms in total. The summed E-state index contributed by atoms with van der Waals surface area (Å²) in [5.41, 5.74) is 0. The molecule has 0 N–H and O–H groups in total. The van der Waals surface area contributed by atoms with Gasteiger partial charge in [0.2, 0.25) is 11.8 Å². The van der Waals surface area contributed by atoms with Crippen LogP contribution in [-0.4, -0.2) is 33.0 Å². The van der Waals surface area contributed by atoms with Crippen molar-refractivity contribution in [2.45, 2.75) is 32.2 Å². The molecule has 106 valence electrons. The third-order valence-corrected chi connectivity index (χ3v) is 3.43. The maximum Gasteiger partial charge on any atom is 0.240 e. The van der Waals surface area contributed by atoms with Gasteiger partial charge in [0.25, 0.3) is 0 Å². The van der Waals surface area contributed by atoms with E-state index in [1.54, 1.807) is 12.3 Å². The lowest BCUT2D eigenvalue weighted by atomic mass is 10.0. The number of aromatic nitrogens is 4. The van der Waals surface area contributed by atoms with E-state index in [0.29, 0.717) is 18.4 Å². The molecule has 1 aliphatic rings. The summed E-state index contributed by atoms with van der Waals surface area (Å²) in [6.45, 7) is 4.46. The number of aryl methyl sites for hydroxylation is 1. The van der Waals surface area contributed by atoms with Gasteiger partial charge in [-0.05, 0) is 25.8 Å².